The molecule has 0 aliphatic heterocycles. The van der Waals surface area contributed by atoms with Gasteiger partial charge in [-0.25, -0.2) is 9.98 Å². The summed E-state index contributed by atoms with van der Waals surface area (Å²) >= 11 is 0. The van der Waals surface area contributed by atoms with Crippen LogP contribution in [0.1, 0.15) is 373 Å². The van der Waals surface area contributed by atoms with Crippen molar-refractivity contribution in [1.29, 1.82) is 0 Å². The van der Waals surface area contributed by atoms with Gasteiger partial charge in [-0.15, -0.1) is 0 Å². The van der Waals surface area contributed by atoms with Crippen LogP contribution < -0.4 is 0 Å². The zero-order valence-corrected chi connectivity index (χ0v) is 82.5. The fourth-order valence-electron chi connectivity index (χ4n) is 22.6. The van der Waals surface area contributed by atoms with Crippen molar-refractivity contribution < 1.29 is 0 Å². The summed E-state index contributed by atoms with van der Waals surface area (Å²) in [6.45, 7) is 44.4. The summed E-state index contributed by atoms with van der Waals surface area (Å²) in [5.74, 6) is 8.02. The van der Waals surface area contributed by atoms with Gasteiger partial charge in [0.15, 0.2) is 0 Å². The Balaban J connectivity index is 0.973. The lowest BCUT2D eigenvalue weighted by Crippen LogP contribution is -2.27. The van der Waals surface area contributed by atoms with Crippen LogP contribution in [0.4, 0.5) is 11.4 Å². The summed E-state index contributed by atoms with van der Waals surface area (Å²) in [5, 5.41) is 0. The van der Waals surface area contributed by atoms with Crippen molar-refractivity contribution in [2.24, 2.45) is 81.0 Å². The van der Waals surface area contributed by atoms with Crippen LogP contribution in [-0.4, -0.2) is 11.4 Å². The molecule has 0 aromatic heterocycles. The molecule has 10 aromatic carbocycles. The summed E-state index contributed by atoms with van der Waals surface area (Å²) in [6, 6.07) is 90.2. The summed E-state index contributed by atoms with van der Waals surface area (Å²) in [7, 11) is 0. The van der Waals surface area contributed by atoms with E-state index in [-0.39, 0.29) is 16.2 Å². The summed E-state index contributed by atoms with van der Waals surface area (Å²) < 4.78 is 0. The zero-order valence-electron chi connectivity index (χ0n) is 82.5. The van der Waals surface area contributed by atoms with Gasteiger partial charge in [-0.05, 0) is 286 Å². The van der Waals surface area contributed by atoms with Crippen molar-refractivity contribution >= 4 is 22.8 Å². The molecule has 2 heteroatoms. The molecule has 3 aliphatic rings. The largest absolute Gasteiger partial charge is 0.248 e. The first-order valence-electron chi connectivity index (χ1n) is 51.6. The lowest BCUT2D eigenvalue weighted by Gasteiger charge is -2.36. The Morgan fingerprint density at radius 3 is 0.567 bits per heavy atom. The van der Waals surface area contributed by atoms with Crippen LogP contribution in [0.15, 0.2) is 241 Å². The molecule has 0 saturated carbocycles. The highest BCUT2D eigenvalue weighted by Crippen LogP contribution is 2.61. The van der Waals surface area contributed by atoms with E-state index in [4.69, 9.17) is 9.98 Å². The molecule has 3 aliphatic carbocycles. The highest BCUT2D eigenvalue weighted by Gasteiger charge is 2.48. The maximum absolute atomic E-state index is 5.77. The molecule has 674 valence electrons. The molecule has 13 rings (SSSR count). The van der Waals surface area contributed by atoms with Gasteiger partial charge >= 0.3 is 0 Å². The fourth-order valence-corrected chi connectivity index (χ4v) is 22.6. The van der Waals surface area contributed by atoms with Crippen molar-refractivity contribution in [2.45, 2.75) is 333 Å². The fraction of sp³-hybridized carbons (Fsp3) is 0.504. The molecular weight excluding hydrogens is 1530 g/mol. The van der Waals surface area contributed by atoms with Gasteiger partial charge in [0.05, 0.1) is 22.8 Å². The smallest absolute Gasteiger partial charge is 0.0781 e. The maximum atomic E-state index is 5.77. The second-order valence-corrected chi connectivity index (χ2v) is 43.9. The van der Waals surface area contributed by atoms with Crippen molar-refractivity contribution in [3.05, 3.63) is 286 Å². The van der Waals surface area contributed by atoms with Gasteiger partial charge < -0.3 is 0 Å². The molecule has 10 aromatic rings. The second kappa shape index (κ2) is 45.4. The maximum Gasteiger partial charge on any atom is 0.0781 e. The third-order valence-electron chi connectivity index (χ3n) is 30.6. The number of fused-ring (bicyclic) bond motifs is 9. The van der Waals surface area contributed by atoms with Crippen LogP contribution in [0.5, 0.6) is 0 Å². The highest BCUT2D eigenvalue weighted by atomic mass is 14.8. The SMILES string of the molecule is CC(C)CCCC(C)CCC1(CCC(C)CCCC(C)C)c2cc(N=C(c3ccccc3)c3ccccc3)ccc2-c2ccc(-c3ccc4c(c3)C(CCC(C)CCCC(C)C)(CCC(C)CCCC(C)C)c3cc(-c5ccc6c(c5)C(CCC(C)CCCC(C)C)(CCC(C)CCCC(C)C)c5cc(N=C(c7ccccc7)c7ccccc7)ccc5-6)ccc3-4)cc21. The number of nitrogens with zero attached hydrogens (tertiary/aromatic N) is 2. The third-order valence-corrected chi connectivity index (χ3v) is 30.6. The van der Waals surface area contributed by atoms with E-state index in [2.05, 4.69) is 355 Å². The summed E-state index contributed by atoms with van der Waals surface area (Å²) in [6.07, 6.45) is 37.2. The van der Waals surface area contributed by atoms with Crippen LogP contribution in [0, 0.1) is 71.0 Å². The predicted molar refractivity (Wildman–Crippen MR) is 555 cm³/mol. The van der Waals surface area contributed by atoms with Crippen molar-refractivity contribution in [1.82, 2.24) is 0 Å². The molecule has 0 N–H and O–H groups in total. The Hall–Kier alpha value is -8.46. The van der Waals surface area contributed by atoms with E-state index in [9.17, 15) is 0 Å². The van der Waals surface area contributed by atoms with E-state index < -0.39 is 0 Å². The summed E-state index contributed by atoms with van der Waals surface area (Å²) in [4.78, 5) is 11.5. The van der Waals surface area contributed by atoms with E-state index in [1.807, 2.05) is 0 Å². The first-order valence-corrected chi connectivity index (χ1v) is 51.6. The average Bonchev–Trinajstić information content (AvgIpc) is 1.56. The first-order chi connectivity index (χ1) is 61.3. The van der Waals surface area contributed by atoms with Gasteiger partial charge in [0.1, 0.15) is 0 Å². The molecule has 6 unspecified atom stereocenters. The molecule has 0 spiro atoms. The van der Waals surface area contributed by atoms with Gasteiger partial charge in [-0.2, -0.15) is 0 Å². The lowest BCUT2D eigenvalue weighted by atomic mass is 9.67. The van der Waals surface area contributed by atoms with Crippen LogP contribution in [0.25, 0.3) is 55.6 Å². The number of benzene rings is 10. The standard InChI is InChI=1S/C125H164N2/c1-87(2)37-31-43-93(13)69-75-123(76-70-94(14)44-32-38-88(3)4)115-81-103(105-59-65-111-113-67-61-107(126-121(99-49-23-19-24-50-99)100-51-25-20-26-52-100)85-119(113)124(117(111)83-105,77-71-95(15)45-33-39-89(5)6)78-72-96(16)46-34-40-90(7)8)57-63-109(115)110-64-58-104(82-116(110)123)106-60-66-112-114-68-62-108(127-122(101-53-27-21-28-54-101)102-55-29-22-30-56-102)86-120(114)125(118(112)84-106,79-73-97(17)47-35-41-91(9)10)80-74-98(18)48-36-42-92(11)12/h19-30,49-68,81-98H,31-48,69-80H2,1-18H3. The van der Waals surface area contributed by atoms with Gasteiger partial charge in [-0.3, -0.25) is 0 Å². The van der Waals surface area contributed by atoms with Gasteiger partial charge in [0.25, 0.3) is 0 Å². The Morgan fingerprint density at radius 2 is 0.378 bits per heavy atom. The van der Waals surface area contributed by atoms with E-state index in [1.165, 1.54) is 221 Å². The molecule has 0 amide bonds. The monoisotopic (exact) mass is 1690 g/mol. The molecule has 0 saturated heterocycles. The topological polar surface area (TPSA) is 24.7 Å². The molecular formula is C125H164N2. The Labute approximate surface area is 773 Å². The molecule has 6 atom stereocenters. The Kier molecular flexibility index (Phi) is 34.3. The van der Waals surface area contributed by atoms with Crippen LogP contribution >= 0.6 is 0 Å². The Bertz CT molecular complexity index is 4700. The number of aliphatic imine (C=N–C) groups is 2. The minimum Gasteiger partial charge on any atom is -0.248 e. The second-order valence-electron chi connectivity index (χ2n) is 43.9. The van der Waals surface area contributed by atoms with Crippen LogP contribution in [0.2, 0.25) is 0 Å². The minimum atomic E-state index is -0.196. The van der Waals surface area contributed by atoms with Crippen molar-refractivity contribution in [3.8, 4) is 55.6 Å². The van der Waals surface area contributed by atoms with Gasteiger partial charge in [0, 0.05) is 38.5 Å². The number of hydrogen-bond donors (Lipinski definition) is 0. The first kappa shape index (κ1) is 96.1. The van der Waals surface area contributed by atoms with Gasteiger partial charge in [-0.1, -0.05) is 422 Å². The molecule has 2 nitrogen and oxygen atoms in total. The van der Waals surface area contributed by atoms with Gasteiger partial charge in [0.2, 0.25) is 0 Å². The summed E-state index contributed by atoms with van der Waals surface area (Å²) in [5.41, 5.74) is 31.4. The van der Waals surface area contributed by atoms with E-state index in [1.54, 1.807) is 22.3 Å². The molecule has 0 bridgehead atoms. The predicted octanol–water partition coefficient (Wildman–Crippen LogP) is 37.6. The number of rotatable bonds is 50. The van der Waals surface area contributed by atoms with E-state index in [0.29, 0.717) is 47.3 Å². The zero-order chi connectivity index (χ0) is 89.8. The van der Waals surface area contributed by atoms with Crippen LogP contribution in [-0.2, 0) is 16.2 Å². The number of hydrogen-bond acceptors (Lipinski definition) is 2. The highest BCUT2D eigenvalue weighted by molar-refractivity contribution is 6.15. The lowest BCUT2D eigenvalue weighted by molar-refractivity contribution is 0.327. The van der Waals surface area contributed by atoms with Crippen molar-refractivity contribution in [3.63, 3.8) is 0 Å². The van der Waals surface area contributed by atoms with Crippen molar-refractivity contribution in [2.75, 3.05) is 0 Å². The normalized spacial score (nSPS) is 17.5. The quantitative estimate of drug-likeness (QED) is 0.0340. The van der Waals surface area contributed by atoms with E-state index >= 15 is 0 Å². The molecule has 0 fully saturated rings. The Morgan fingerprint density at radius 1 is 0.197 bits per heavy atom. The average molecular weight is 1690 g/mol. The molecule has 0 heterocycles. The molecule has 0 radical (unpaired) electrons. The third kappa shape index (κ3) is 24.4. The van der Waals surface area contributed by atoms with E-state index in [0.717, 1.165) is 107 Å². The minimum absolute atomic E-state index is 0.192. The van der Waals surface area contributed by atoms with Crippen LogP contribution in [0.3, 0.4) is 0 Å². The molecule has 127 heavy (non-hydrogen) atoms.